The Morgan fingerprint density at radius 2 is 1.78 bits per heavy atom. The first-order valence-electron chi connectivity index (χ1n) is 11.6. The van der Waals surface area contributed by atoms with Crippen LogP contribution in [-0.2, 0) is 17.6 Å². The van der Waals surface area contributed by atoms with Crippen LogP contribution in [0.3, 0.4) is 0 Å². The molecule has 0 spiro atoms. The van der Waals surface area contributed by atoms with Gasteiger partial charge in [0.2, 0.25) is 5.95 Å². The summed E-state index contributed by atoms with van der Waals surface area (Å²) in [5.74, 6) is -0.983. The smallest absolute Gasteiger partial charge is 0.475 e. The molecule has 10 heteroatoms. The van der Waals surface area contributed by atoms with E-state index in [1.807, 2.05) is 12.3 Å². The summed E-state index contributed by atoms with van der Waals surface area (Å²) in [5.41, 5.74) is 8.33. The van der Waals surface area contributed by atoms with Crippen molar-refractivity contribution in [2.75, 3.05) is 23.3 Å². The van der Waals surface area contributed by atoms with Crippen LogP contribution in [0.1, 0.15) is 40.1 Å². The molecule has 0 unspecified atom stereocenters. The fourth-order valence-corrected chi connectivity index (χ4v) is 4.25. The number of aromatic nitrogens is 3. The van der Waals surface area contributed by atoms with Gasteiger partial charge in [0.05, 0.1) is 0 Å². The van der Waals surface area contributed by atoms with Crippen LogP contribution in [0, 0.1) is 27.7 Å². The molecule has 0 saturated carbocycles. The van der Waals surface area contributed by atoms with Crippen molar-refractivity contribution in [3.05, 3.63) is 70.2 Å². The van der Waals surface area contributed by atoms with Gasteiger partial charge in [-0.05, 0) is 70.2 Å². The Morgan fingerprint density at radius 1 is 1.11 bits per heavy atom. The Bertz CT molecular complexity index is 1190. The number of aryl methyl sites for hydroxylation is 5. The predicted molar refractivity (Wildman–Crippen MR) is 133 cm³/mol. The zero-order chi connectivity index (χ0) is 26.5. The zero-order valence-electron chi connectivity index (χ0n) is 20.8. The SMILES string of the molecule is Cc1cc(C)c(Nc2nc(C)c3c(n2)N(CCCc2ccccn2)CC3)c(C)c1.O=C(O)C(F)(F)F. The van der Waals surface area contributed by atoms with Crippen LogP contribution >= 0.6 is 0 Å². The molecule has 0 fully saturated rings. The number of aliphatic carboxylic acids is 1. The first-order valence-corrected chi connectivity index (χ1v) is 11.6. The van der Waals surface area contributed by atoms with Crippen molar-refractivity contribution in [3.8, 4) is 0 Å². The maximum absolute atomic E-state index is 10.6. The van der Waals surface area contributed by atoms with E-state index < -0.39 is 12.1 Å². The van der Waals surface area contributed by atoms with E-state index in [1.54, 1.807) is 0 Å². The summed E-state index contributed by atoms with van der Waals surface area (Å²) in [5, 5.41) is 10.6. The van der Waals surface area contributed by atoms with Gasteiger partial charge < -0.3 is 15.3 Å². The molecule has 36 heavy (non-hydrogen) atoms. The molecular weight excluding hydrogens is 471 g/mol. The van der Waals surface area contributed by atoms with Crippen LogP contribution in [0.4, 0.5) is 30.6 Å². The molecule has 0 atom stereocenters. The van der Waals surface area contributed by atoms with E-state index in [1.165, 1.54) is 22.3 Å². The average molecular weight is 502 g/mol. The molecule has 4 rings (SSSR count). The van der Waals surface area contributed by atoms with Gasteiger partial charge in [-0.2, -0.15) is 18.2 Å². The summed E-state index contributed by atoms with van der Waals surface area (Å²) >= 11 is 0. The molecule has 1 aliphatic rings. The highest BCUT2D eigenvalue weighted by atomic mass is 19.4. The minimum atomic E-state index is -5.08. The number of benzene rings is 1. The second kappa shape index (κ2) is 11.4. The fourth-order valence-electron chi connectivity index (χ4n) is 4.25. The van der Waals surface area contributed by atoms with Gasteiger partial charge in [-0.1, -0.05) is 23.8 Å². The molecule has 0 bridgehead atoms. The van der Waals surface area contributed by atoms with E-state index in [2.05, 4.69) is 67.2 Å². The van der Waals surface area contributed by atoms with Gasteiger partial charge >= 0.3 is 12.1 Å². The van der Waals surface area contributed by atoms with Crippen LogP contribution in [0.5, 0.6) is 0 Å². The van der Waals surface area contributed by atoms with Crippen molar-refractivity contribution in [3.63, 3.8) is 0 Å². The van der Waals surface area contributed by atoms with Crippen molar-refractivity contribution in [1.82, 2.24) is 15.0 Å². The van der Waals surface area contributed by atoms with E-state index in [-0.39, 0.29) is 0 Å². The van der Waals surface area contributed by atoms with Crippen molar-refractivity contribution in [2.45, 2.75) is 53.1 Å². The largest absolute Gasteiger partial charge is 0.490 e. The van der Waals surface area contributed by atoms with Gasteiger partial charge in [-0.3, -0.25) is 4.98 Å². The number of carbonyl (C=O) groups is 1. The topological polar surface area (TPSA) is 91.2 Å². The second-order valence-corrected chi connectivity index (χ2v) is 8.80. The third-order valence-electron chi connectivity index (χ3n) is 5.87. The highest BCUT2D eigenvalue weighted by molar-refractivity contribution is 5.73. The first kappa shape index (κ1) is 26.9. The number of pyridine rings is 1. The summed E-state index contributed by atoms with van der Waals surface area (Å²) in [7, 11) is 0. The number of carboxylic acid groups (broad SMARTS) is 1. The highest BCUT2D eigenvalue weighted by Crippen LogP contribution is 2.31. The number of nitrogens with one attached hydrogen (secondary N) is 1. The summed E-state index contributed by atoms with van der Waals surface area (Å²) < 4.78 is 31.7. The highest BCUT2D eigenvalue weighted by Gasteiger charge is 2.38. The molecule has 0 aliphatic carbocycles. The van der Waals surface area contributed by atoms with Gasteiger partial charge in [0.25, 0.3) is 0 Å². The Labute approximate surface area is 208 Å². The monoisotopic (exact) mass is 501 g/mol. The van der Waals surface area contributed by atoms with Crippen LogP contribution in [0.25, 0.3) is 0 Å². The lowest BCUT2D eigenvalue weighted by Crippen LogP contribution is -2.23. The number of fused-ring (bicyclic) bond motifs is 1. The summed E-state index contributed by atoms with van der Waals surface area (Å²) in [6, 6.07) is 10.5. The Hall–Kier alpha value is -3.69. The minimum Gasteiger partial charge on any atom is -0.475 e. The van der Waals surface area contributed by atoms with E-state index in [0.29, 0.717) is 5.95 Å². The molecule has 2 N–H and O–H groups in total. The van der Waals surface area contributed by atoms with E-state index in [0.717, 1.165) is 55.2 Å². The van der Waals surface area contributed by atoms with E-state index in [4.69, 9.17) is 19.9 Å². The lowest BCUT2D eigenvalue weighted by Gasteiger charge is -2.20. The number of nitrogens with zero attached hydrogens (tertiary/aromatic N) is 4. The maximum Gasteiger partial charge on any atom is 0.490 e. The molecule has 1 aromatic carbocycles. The van der Waals surface area contributed by atoms with Crippen LogP contribution in [0.2, 0.25) is 0 Å². The van der Waals surface area contributed by atoms with E-state index >= 15 is 0 Å². The molecule has 0 saturated heterocycles. The average Bonchev–Trinajstić information content (AvgIpc) is 3.20. The third kappa shape index (κ3) is 6.93. The Morgan fingerprint density at radius 3 is 2.36 bits per heavy atom. The Kier molecular flexibility index (Phi) is 8.49. The summed E-state index contributed by atoms with van der Waals surface area (Å²) in [6.45, 7) is 10.5. The molecule has 192 valence electrons. The third-order valence-corrected chi connectivity index (χ3v) is 5.87. The number of alkyl halides is 3. The molecule has 2 aromatic heterocycles. The minimum absolute atomic E-state index is 0.688. The van der Waals surface area contributed by atoms with Crippen molar-refractivity contribution in [2.24, 2.45) is 0 Å². The number of anilines is 3. The molecule has 7 nitrogen and oxygen atoms in total. The lowest BCUT2D eigenvalue weighted by atomic mass is 10.1. The van der Waals surface area contributed by atoms with Crippen molar-refractivity contribution >= 4 is 23.4 Å². The zero-order valence-corrected chi connectivity index (χ0v) is 20.8. The quantitative estimate of drug-likeness (QED) is 0.462. The summed E-state index contributed by atoms with van der Waals surface area (Å²) in [4.78, 5) is 25.4. The normalized spacial score (nSPS) is 12.6. The van der Waals surface area contributed by atoms with Gasteiger partial charge in [-0.15, -0.1) is 0 Å². The second-order valence-electron chi connectivity index (χ2n) is 8.80. The van der Waals surface area contributed by atoms with Crippen LogP contribution in [0.15, 0.2) is 36.5 Å². The van der Waals surface area contributed by atoms with Gasteiger partial charge in [0.15, 0.2) is 0 Å². The number of hydrogen-bond acceptors (Lipinski definition) is 6. The number of hydrogen-bond donors (Lipinski definition) is 2. The van der Waals surface area contributed by atoms with Crippen molar-refractivity contribution in [1.29, 1.82) is 0 Å². The van der Waals surface area contributed by atoms with Crippen LogP contribution < -0.4 is 10.2 Å². The number of rotatable bonds is 6. The number of carboxylic acids is 1. The molecule has 0 radical (unpaired) electrons. The molecule has 1 aliphatic heterocycles. The van der Waals surface area contributed by atoms with Gasteiger partial charge in [0, 0.05) is 41.9 Å². The molecule has 0 amide bonds. The predicted octanol–water partition coefficient (Wildman–Crippen LogP) is 5.48. The molecular formula is C26H30F3N5O2. The molecule has 3 heterocycles. The molecule has 3 aromatic rings. The van der Waals surface area contributed by atoms with Crippen molar-refractivity contribution < 1.29 is 23.1 Å². The fraction of sp³-hybridized carbons (Fsp3) is 0.385. The van der Waals surface area contributed by atoms with Gasteiger partial charge in [-0.25, -0.2) is 9.78 Å². The lowest BCUT2D eigenvalue weighted by molar-refractivity contribution is -0.192. The van der Waals surface area contributed by atoms with Gasteiger partial charge in [0.1, 0.15) is 5.82 Å². The number of halogens is 3. The maximum atomic E-state index is 10.6. The standard InChI is InChI=1S/C24H29N5.C2HF3O2/c1-16-14-17(2)22(18(3)15-16)27-24-26-19(4)21-10-13-29(23(21)28-24)12-7-9-20-8-5-6-11-25-20;3-2(4,5)1(6)7/h5-6,8,11,14-15H,7,9-10,12-13H2,1-4H3,(H,26,27,28);(H,6,7). The van der Waals surface area contributed by atoms with E-state index in [9.17, 15) is 13.2 Å². The Balaban J connectivity index is 0.000000454. The van der Waals surface area contributed by atoms with Crippen LogP contribution in [-0.4, -0.2) is 45.3 Å². The first-order chi connectivity index (χ1) is 17.0. The summed E-state index contributed by atoms with van der Waals surface area (Å²) in [6.07, 6.45) is -0.139.